The van der Waals surface area contributed by atoms with Crippen molar-refractivity contribution < 1.29 is 9.13 Å². The fraction of sp³-hybridized carbons (Fsp3) is 0.333. The molecule has 1 aromatic carbocycles. The first kappa shape index (κ1) is 15.0. The second-order valence-corrected chi connectivity index (χ2v) is 4.56. The highest BCUT2D eigenvalue weighted by molar-refractivity contribution is 5.43. The maximum Gasteiger partial charge on any atom is 0.224 e. The summed E-state index contributed by atoms with van der Waals surface area (Å²) in [4.78, 5) is 8.01. The standard InChI is InChI=1S/C15H19FN4O/c1-4-17-15-18-9-13(16)14(20-15)19-10(2)11-5-7-12(21-3)8-6-11/h5-10H,4H2,1-3H3,(H2,17,18,19,20). The van der Waals surface area contributed by atoms with Crippen molar-refractivity contribution in [2.24, 2.45) is 0 Å². The molecular weight excluding hydrogens is 271 g/mol. The van der Waals surface area contributed by atoms with Gasteiger partial charge in [-0.3, -0.25) is 0 Å². The van der Waals surface area contributed by atoms with Crippen LogP contribution in [-0.2, 0) is 0 Å². The molecule has 0 bridgehead atoms. The van der Waals surface area contributed by atoms with Crippen LogP contribution in [0.1, 0.15) is 25.5 Å². The van der Waals surface area contributed by atoms with Crippen molar-refractivity contribution in [1.82, 2.24) is 9.97 Å². The summed E-state index contributed by atoms with van der Waals surface area (Å²) in [6.45, 7) is 4.55. The average Bonchev–Trinajstić information content (AvgIpc) is 2.51. The highest BCUT2D eigenvalue weighted by Crippen LogP contribution is 2.22. The number of hydrogen-bond acceptors (Lipinski definition) is 5. The van der Waals surface area contributed by atoms with Crippen molar-refractivity contribution in [3.8, 4) is 5.75 Å². The Labute approximate surface area is 123 Å². The van der Waals surface area contributed by atoms with Crippen LogP contribution in [0.5, 0.6) is 5.75 Å². The highest BCUT2D eigenvalue weighted by Gasteiger charge is 2.11. The molecule has 1 unspecified atom stereocenters. The Kier molecular flexibility index (Phi) is 4.92. The molecule has 2 rings (SSSR count). The lowest BCUT2D eigenvalue weighted by Crippen LogP contribution is -2.12. The number of halogens is 1. The summed E-state index contributed by atoms with van der Waals surface area (Å²) in [5, 5.41) is 6.01. The Hall–Kier alpha value is -2.37. The fourth-order valence-corrected chi connectivity index (χ4v) is 1.89. The molecule has 0 aliphatic carbocycles. The summed E-state index contributed by atoms with van der Waals surface area (Å²) < 4.78 is 18.9. The first-order chi connectivity index (χ1) is 10.1. The van der Waals surface area contributed by atoms with Crippen LogP contribution in [0.15, 0.2) is 30.5 Å². The molecule has 2 N–H and O–H groups in total. The number of anilines is 2. The molecule has 0 spiro atoms. The van der Waals surface area contributed by atoms with Gasteiger partial charge in [-0.15, -0.1) is 0 Å². The molecule has 21 heavy (non-hydrogen) atoms. The van der Waals surface area contributed by atoms with Gasteiger partial charge >= 0.3 is 0 Å². The number of benzene rings is 1. The Morgan fingerprint density at radius 2 is 2.00 bits per heavy atom. The van der Waals surface area contributed by atoms with E-state index in [1.807, 2.05) is 38.1 Å². The third-order valence-electron chi connectivity index (χ3n) is 3.05. The van der Waals surface area contributed by atoms with Crippen LogP contribution in [0.2, 0.25) is 0 Å². The van der Waals surface area contributed by atoms with Gasteiger partial charge in [-0.1, -0.05) is 12.1 Å². The van der Waals surface area contributed by atoms with Crippen LogP contribution >= 0.6 is 0 Å². The van der Waals surface area contributed by atoms with Crippen LogP contribution in [-0.4, -0.2) is 23.6 Å². The molecule has 112 valence electrons. The van der Waals surface area contributed by atoms with Crippen LogP contribution in [0.25, 0.3) is 0 Å². The molecule has 0 fully saturated rings. The predicted molar refractivity (Wildman–Crippen MR) is 81.2 cm³/mol. The zero-order valence-corrected chi connectivity index (χ0v) is 12.4. The molecule has 0 saturated heterocycles. The van der Waals surface area contributed by atoms with E-state index in [2.05, 4.69) is 20.6 Å². The van der Waals surface area contributed by atoms with Gasteiger partial charge in [-0.2, -0.15) is 4.98 Å². The van der Waals surface area contributed by atoms with Crippen molar-refractivity contribution in [3.63, 3.8) is 0 Å². The highest BCUT2D eigenvalue weighted by atomic mass is 19.1. The van der Waals surface area contributed by atoms with Gasteiger partial charge < -0.3 is 15.4 Å². The van der Waals surface area contributed by atoms with E-state index in [0.29, 0.717) is 12.5 Å². The van der Waals surface area contributed by atoms with E-state index in [0.717, 1.165) is 17.5 Å². The monoisotopic (exact) mass is 290 g/mol. The van der Waals surface area contributed by atoms with Gasteiger partial charge in [0.1, 0.15) is 5.75 Å². The second-order valence-electron chi connectivity index (χ2n) is 4.56. The summed E-state index contributed by atoms with van der Waals surface area (Å²) in [7, 11) is 1.62. The molecule has 1 aromatic heterocycles. The van der Waals surface area contributed by atoms with Gasteiger partial charge in [0.2, 0.25) is 5.95 Å². The third-order valence-corrected chi connectivity index (χ3v) is 3.05. The SMILES string of the molecule is CCNc1ncc(F)c(NC(C)c2ccc(OC)cc2)n1. The quantitative estimate of drug-likeness (QED) is 0.855. The third kappa shape index (κ3) is 3.81. The van der Waals surface area contributed by atoms with Gasteiger partial charge in [0.25, 0.3) is 0 Å². The van der Waals surface area contributed by atoms with Crippen LogP contribution in [0.4, 0.5) is 16.2 Å². The number of ether oxygens (including phenoxy) is 1. The van der Waals surface area contributed by atoms with E-state index in [1.54, 1.807) is 7.11 Å². The molecule has 0 amide bonds. The van der Waals surface area contributed by atoms with Crippen molar-refractivity contribution >= 4 is 11.8 Å². The Balaban J connectivity index is 2.14. The van der Waals surface area contributed by atoms with Gasteiger partial charge in [0.05, 0.1) is 19.3 Å². The van der Waals surface area contributed by atoms with Crippen molar-refractivity contribution in [2.45, 2.75) is 19.9 Å². The first-order valence-corrected chi connectivity index (χ1v) is 6.81. The molecule has 5 nitrogen and oxygen atoms in total. The van der Waals surface area contributed by atoms with Crippen molar-refractivity contribution in [1.29, 1.82) is 0 Å². The summed E-state index contributed by atoms with van der Waals surface area (Å²) in [5.74, 6) is 0.901. The van der Waals surface area contributed by atoms with Crippen LogP contribution in [0, 0.1) is 5.82 Å². The molecule has 0 aliphatic rings. The molecule has 0 saturated carbocycles. The summed E-state index contributed by atoms with van der Waals surface area (Å²) >= 11 is 0. The molecule has 6 heteroatoms. The van der Waals surface area contributed by atoms with Crippen molar-refractivity contribution in [3.05, 3.63) is 41.8 Å². The number of nitrogens with zero attached hydrogens (tertiary/aromatic N) is 2. The minimum atomic E-state index is -0.475. The lowest BCUT2D eigenvalue weighted by molar-refractivity contribution is 0.414. The lowest BCUT2D eigenvalue weighted by atomic mass is 10.1. The summed E-state index contributed by atoms with van der Waals surface area (Å²) in [6, 6.07) is 7.51. The van der Waals surface area contributed by atoms with Gasteiger partial charge in [-0.25, -0.2) is 9.37 Å². The molecule has 0 radical (unpaired) electrons. The first-order valence-electron chi connectivity index (χ1n) is 6.81. The number of nitrogens with one attached hydrogen (secondary N) is 2. The van der Waals surface area contributed by atoms with Gasteiger partial charge in [0, 0.05) is 6.54 Å². The van der Waals surface area contributed by atoms with E-state index in [4.69, 9.17) is 4.74 Å². The van der Waals surface area contributed by atoms with E-state index in [9.17, 15) is 4.39 Å². The molecule has 1 atom stereocenters. The largest absolute Gasteiger partial charge is 0.497 e. The molecule has 1 heterocycles. The van der Waals surface area contributed by atoms with Crippen LogP contribution in [0.3, 0.4) is 0 Å². The van der Waals surface area contributed by atoms with Crippen molar-refractivity contribution in [2.75, 3.05) is 24.3 Å². The minimum absolute atomic E-state index is 0.0882. The zero-order chi connectivity index (χ0) is 15.2. The molecule has 0 aliphatic heterocycles. The average molecular weight is 290 g/mol. The Morgan fingerprint density at radius 3 is 2.62 bits per heavy atom. The molecular formula is C15H19FN4O. The van der Waals surface area contributed by atoms with Crippen LogP contribution < -0.4 is 15.4 Å². The maximum absolute atomic E-state index is 13.8. The van der Waals surface area contributed by atoms with E-state index in [-0.39, 0.29) is 11.9 Å². The number of rotatable bonds is 6. The fourth-order valence-electron chi connectivity index (χ4n) is 1.89. The smallest absolute Gasteiger partial charge is 0.224 e. The van der Waals surface area contributed by atoms with Gasteiger partial charge in [-0.05, 0) is 31.5 Å². The normalized spacial score (nSPS) is 11.8. The van der Waals surface area contributed by atoms with E-state index < -0.39 is 5.82 Å². The topological polar surface area (TPSA) is 59.1 Å². The Morgan fingerprint density at radius 1 is 1.29 bits per heavy atom. The lowest BCUT2D eigenvalue weighted by Gasteiger charge is -2.16. The zero-order valence-electron chi connectivity index (χ0n) is 12.4. The minimum Gasteiger partial charge on any atom is -0.497 e. The predicted octanol–water partition coefficient (Wildman–Crippen LogP) is 3.23. The second kappa shape index (κ2) is 6.88. The number of hydrogen-bond donors (Lipinski definition) is 2. The maximum atomic E-state index is 13.8. The number of aromatic nitrogens is 2. The number of methoxy groups -OCH3 is 1. The van der Waals surface area contributed by atoms with E-state index in [1.165, 1.54) is 0 Å². The Bertz CT molecular complexity index is 589. The van der Waals surface area contributed by atoms with Gasteiger partial charge in [0.15, 0.2) is 11.6 Å². The molecule has 2 aromatic rings. The van der Waals surface area contributed by atoms with E-state index >= 15 is 0 Å². The summed E-state index contributed by atoms with van der Waals surface area (Å²) in [6.07, 6.45) is 1.16. The summed E-state index contributed by atoms with van der Waals surface area (Å²) in [5.41, 5.74) is 1.01.